The lowest BCUT2D eigenvalue weighted by Crippen LogP contribution is -2.63. The van der Waals surface area contributed by atoms with Crippen molar-refractivity contribution < 1.29 is 81.2 Å². The Kier molecular flexibility index (Phi) is 15.6. The third-order valence-electron chi connectivity index (χ3n) is 14.2. The lowest BCUT2D eigenvalue weighted by Gasteiger charge is -2.62. The molecule has 1 spiro atoms. The first kappa shape index (κ1) is 47.8. The van der Waals surface area contributed by atoms with E-state index in [2.05, 4.69) is 32.2 Å². The normalized spacial score (nSPS) is 34.9. The van der Waals surface area contributed by atoms with E-state index in [1.54, 1.807) is 24.3 Å². The van der Waals surface area contributed by atoms with Crippen molar-refractivity contribution in [3.8, 4) is 11.1 Å². The molecule has 0 amide bonds. The van der Waals surface area contributed by atoms with Crippen LogP contribution >= 0.6 is 24.6 Å². The van der Waals surface area contributed by atoms with Crippen LogP contribution in [0.1, 0.15) is 88.1 Å². The van der Waals surface area contributed by atoms with Crippen molar-refractivity contribution in [2.45, 2.75) is 122 Å². The van der Waals surface area contributed by atoms with Gasteiger partial charge in [-0.25, -0.2) is 15.3 Å². The molecule has 1 heterocycles. The van der Waals surface area contributed by atoms with Crippen molar-refractivity contribution in [3.05, 3.63) is 71.8 Å². The summed E-state index contributed by atoms with van der Waals surface area (Å²) in [5.74, 6) is -3.25. The number of aryl methyl sites for hydroxylation is 1. The SMILES string of the molecule is C=C1C2CCC3C4(C)CC(O[C@H]5O[C@H](COC(=O)c6ccc(-c7ccc(C)cc7)cc6)[C@@H](OSOOO)[C@@H](OSOOO)C5OC(=O)CC(C)C)CC(C(=O)O)C4CCC3(C2)[C@H]1O. The van der Waals surface area contributed by atoms with E-state index in [0.29, 0.717) is 19.3 Å². The summed E-state index contributed by atoms with van der Waals surface area (Å²) in [6.45, 7) is 11.5. The maximum atomic E-state index is 13.6. The fourth-order valence-corrected chi connectivity index (χ4v) is 12.2. The summed E-state index contributed by atoms with van der Waals surface area (Å²) in [6.07, 6.45) is -4.19. The minimum atomic E-state index is -1.48. The van der Waals surface area contributed by atoms with E-state index in [4.69, 9.17) is 37.8 Å². The molecule has 2 aromatic rings. The second-order valence-electron chi connectivity index (χ2n) is 18.2. The quantitative estimate of drug-likeness (QED) is 0.0212. The van der Waals surface area contributed by atoms with E-state index < -0.39 is 84.2 Å². The Labute approximate surface area is 374 Å². The van der Waals surface area contributed by atoms with E-state index in [1.165, 1.54) is 0 Å². The molecule has 5 aliphatic rings. The van der Waals surface area contributed by atoms with E-state index in [1.807, 2.05) is 45.0 Å². The second-order valence-corrected chi connectivity index (χ2v) is 19.1. The van der Waals surface area contributed by atoms with Gasteiger partial charge in [0.05, 0.1) is 23.7 Å². The zero-order chi connectivity index (χ0) is 45.1. The van der Waals surface area contributed by atoms with Crippen molar-refractivity contribution in [1.82, 2.24) is 0 Å². The number of hydrogen-bond donors (Lipinski definition) is 4. The highest BCUT2D eigenvalue weighted by Gasteiger charge is 2.67. The summed E-state index contributed by atoms with van der Waals surface area (Å²) in [5.41, 5.74) is 3.05. The van der Waals surface area contributed by atoms with Crippen molar-refractivity contribution >= 4 is 42.6 Å². The van der Waals surface area contributed by atoms with Crippen LogP contribution in [0.15, 0.2) is 60.7 Å². The van der Waals surface area contributed by atoms with Gasteiger partial charge in [-0.15, -0.1) is 8.67 Å². The topological polar surface area (TPSA) is 224 Å². The molecule has 7 rings (SSSR count). The average molecular weight is 921 g/mol. The summed E-state index contributed by atoms with van der Waals surface area (Å²) in [7, 11) is 0. The Morgan fingerprint density at radius 3 is 2.19 bits per heavy atom. The van der Waals surface area contributed by atoms with Crippen LogP contribution in [0, 0.1) is 47.3 Å². The standard InChI is InChI=1S/C44H56O17S2/c1-23(2)18-35(45)55-38-37(57-63-61-59-51)36(56-62-60-58-50)33(22-52-41(49)28-12-10-27(11-13-28)26-8-6-24(3)7-9-26)54-42(38)53-30-19-31(40(47)48)32-16-17-44-20-29(25(4)39(44)46)14-15-34(44)43(32,5)21-30/h6-13,23,29-34,36-39,42,46,50-51H,4,14-22H2,1-3,5H3,(H,47,48)/t29?,30?,31?,32?,33-,34?,36-,37-,38?,39+,42+,43?,44?/m1/s1. The Bertz CT molecular complexity index is 1920. The fourth-order valence-electron chi connectivity index (χ4n) is 11.5. The highest BCUT2D eigenvalue weighted by molar-refractivity contribution is 7.90. The molecule has 0 radical (unpaired) electrons. The number of esters is 2. The van der Waals surface area contributed by atoms with Crippen molar-refractivity contribution in [1.29, 1.82) is 0 Å². The van der Waals surface area contributed by atoms with Crippen LogP contribution in [0.5, 0.6) is 0 Å². The molecule has 63 heavy (non-hydrogen) atoms. The number of aliphatic carboxylic acids is 1. The first-order valence-electron chi connectivity index (χ1n) is 21.2. The van der Waals surface area contributed by atoms with Gasteiger partial charge in [-0.1, -0.05) is 79.4 Å². The van der Waals surface area contributed by atoms with Crippen LogP contribution in [-0.2, 0) is 55.6 Å². The summed E-state index contributed by atoms with van der Waals surface area (Å²) in [5, 5.41) is 47.8. The Balaban J connectivity index is 1.19. The molecule has 17 nitrogen and oxygen atoms in total. The zero-order valence-corrected chi connectivity index (χ0v) is 37.2. The Morgan fingerprint density at radius 1 is 0.905 bits per heavy atom. The van der Waals surface area contributed by atoms with Gasteiger partial charge in [0.15, 0.2) is 37.0 Å². The first-order chi connectivity index (χ1) is 30.2. The maximum absolute atomic E-state index is 13.6. The first-order valence-corrected chi connectivity index (χ1v) is 22.6. The van der Waals surface area contributed by atoms with Gasteiger partial charge in [-0.05, 0) is 110 Å². The molecule has 346 valence electrons. The molecule has 2 bridgehead atoms. The number of rotatable bonds is 18. The second kappa shape index (κ2) is 20.6. The number of carbonyl (C=O) groups is 3. The maximum Gasteiger partial charge on any atom is 0.338 e. The number of benzene rings is 2. The van der Waals surface area contributed by atoms with Crippen LogP contribution < -0.4 is 0 Å². The van der Waals surface area contributed by atoms with E-state index in [-0.39, 0.29) is 66.7 Å². The molecule has 4 N–H and O–H groups in total. The Morgan fingerprint density at radius 2 is 1.56 bits per heavy atom. The number of carboxylic acids is 1. The number of carboxylic acid groups (broad SMARTS) is 1. The monoisotopic (exact) mass is 920 g/mol. The van der Waals surface area contributed by atoms with Gasteiger partial charge in [-0.2, -0.15) is 0 Å². The summed E-state index contributed by atoms with van der Waals surface area (Å²) in [6, 6.07) is 14.8. The molecule has 5 fully saturated rings. The third-order valence-corrected chi connectivity index (χ3v) is 15.0. The highest BCUT2D eigenvalue weighted by Crippen LogP contribution is 2.70. The number of carbonyl (C=O) groups excluding carboxylic acids is 2. The fraction of sp³-hybridized carbons (Fsp3) is 0.614. The molecule has 8 unspecified atom stereocenters. The predicted molar refractivity (Wildman–Crippen MR) is 224 cm³/mol. The number of hydrogen-bond acceptors (Lipinski definition) is 18. The van der Waals surface area contributed by atoms with Gasteiger partial charge in [-0.3, -0.25) is 18.0 Å². The molecule has 13 atom stereocenters. The van der Waals surface area contributed by atoms with Gasteiger partial charge in [0.2, 0.25) is 0 Å². The molecule has 19 heteroatoms. The van der Waals surface area contributed by atoms with Gasteiger partial charge >= 0.3 is 17.9 Å². The minimum Gasteiger partial charge on any atom is -0.481 e. The van der Waals surface area contributed by atoms with Crippen LogP contribution in [0.25, 0.3) is 11.1 Å². The number of ether oxygens (including phenoxy) is 4. The minimum absolute atomic E-state index is 0.0146. The van der Waals surface area contributed by atoms with Crippen LogP contribution in [0.3, 0.4) is 0 Å². The van der Waals surface area contributed by atoms with Crippen LogP contribution in [-0.4, -0.2) is 88.2 Å². The van der Waals surface area contributed by atoms with E-state index in [0.717, 1.165) is 41.5 Å². The molecule has 4 saturated carbocycles. The highest BCUT2D eigenvalue weighted by atomic mass is 32.2. The Hall–Kier alpha value is -3.15. The molecule has 0 aromatic heterocycles. The third kappa shape index (κ3) is 10.2. The number of aliphatic hydroxyl groups excluding tert-OH is 1. The molecular formula is C44H56O17S2. The number of aliphatic hydroxyl groups is 1. The average Bonchev–Trinajstić information content (AvgIpc) is 3.42. The summed E-state index contributed by atoms with van der Waals surface area (Å²) < 4.78 is 45.9. The van der Waals surface area contributed by atoms with Gasteiger partial charge < -0.3 is 29.2 Å². The van der Waals surface area contributed by atoms with Crippen LogP contribution in [0.4, 0.5) is 0 Å². The molecule has 2 aromatic carbocycles. The van der Waals surface area contributed by atoms with Gasteiger partial charge in [0, 0.05) is 11.8 Å². The van der Waals surface area contributed by atoms with Crippen molar-refractivity contribution in [2.75, 3.05) is 6.61 Å². The van der Waals surface area contributed by atoms with Crippen molar-refractivity contribution in [3.63, 3.8) is 0 Å². The molecule has 1 saturated heterocycles. The van der Waals surface area contributed by atoms with Crippen molar-refractivity contribution in [2.24, 2.45) is 40.4 Å². The molecular weight excluding hydrogens is 865 g/mol. The predicted octanol–water partition coefficient (Wildman–Crippen LogP) is 7.87. The summed E-state index contributed by atoms with van der Waals surface area (Å²) >= 11 is 0.315. The lowest BCUT2D eigenvalue weighted by molar-refractivity contribution is -0.436. The van der Waals surface area contributed by atoms with Crippen LogP contribution in [0.2, 0.25) is 0 Å². The lowest BCUT2D eigenvalue weighted by atomic mass is 9.43. The van der Waals surface area contributed by atoms with Gasteiger partial charge in [0.25, 0.3) is 0 Å². The zero-order valence-electron chi connectivity index (χ0n) is 35.5. The summed E-state index contributed by atoms with van der Waals surface area (Å²) in [4.78, 5) is 40.1. The molecule has 1 aliphatic heterocycles. The van der Waals surface area contributed by atoms with E-state index in [9.17, 15) is 24.6 Å². The smallest absolute Gasteiger partial charge is 0.338 e. The van der Waals surface area contributed by atoms with Gasteiger partial charge in [0.1, 0.15) is 24.9 Å². The van der Waals surface area contributed by atoms with E-state index >= 15 is 0 Å². The largest absolute Gasteiger partial charge is 0.481 e. The molecule has 4 aliphatic carbocycles. The number of fused-ring (bicyclic) bond motifs is 3.